The molecule has 2 N–H and O–H groups in total. The predicted octanol–water partition coefficient (Wildman–Crippen LogP) is 1.40. The Morgan fingerprint density at radius 1 is 1.59 bits per heavy atom. The number of aryl methyl sites for hydroxylation is 1. The lowest BCUT2D eigenvalue weighted by Gasteiger charge is -1.96. The van der Waals surface area contributed by atoms with Gasteiger partial charge in [0.25, 0.3) is 5.89 Å². The van der Waals surface area contributed by atoms with Gasteiger partial charge in [0.1, 0.15) is 0 Å². The minimum atomic E-state index is -0.628. The predicted molar refractivity (Wildman–Crippen MR) is 57.1 cm³/mol. The summed E-state index contributed by atoms with van der Waals surface area (Å²) in [5, 5.41) is 3.68. The SMILES string of the molecule is CCOC(=O)c1nc(-c2cc(C)no2)oc1N. The van der Waals surface area contributed by atoms with E-state index in [1.54, 1.807) is 19.9 Å². The molecule has 0 saturated heterocycles. The highest BCUT2D eigenvalue weighted by molar-refractivity contribution is 5.92. The van der Waals surface area contributed by atoms with Crippen LogP contribution in [-0.2, 0) is 4.74 Å². The first-order valence-corrected chi connectivity index (χ1v) is 4.99. The quantitative estimate of drug-likeness (QED) is 0.804. The number of hydrogen-bond acceptors (Lipinski definition) is 7. The Balaban J connectivity index is 2.33. The number of nitrogens with two attached hydrogens (primary N) is 1. The van der Waals surface area contributed by atoms with Crippen LogP contribution in [-0.4, -0.2) is 22.7 Å². The van der Waals surface area contributed by atoms with Crippen LogP contribution in [0.15, 0.2) is 15.0 Å². The highest BCUT2D eigenvalue weighted by Gasteiger charge is 2.21. The zero-order chi connectivity index (χ0) is 12.4. The van der Waals surface area contributed by atoms with Gasteiger partial charge >= 0.3 is 5.97 Å². The van der Waals surface area contributed by atoms with Crippen molar-refractivity contribution < 1.29 is 18.5 Å². The Bertz CT molecular complexity index is 543. The van der Waals surface area contributed by atoms with E-state index in [9.17, 15) is 4.79 Å². The summed E-state index contributed by atoms with van der Waals surface area (Å²) in [5.41, 5.74) is 6.14. The summed E-state index contributed by atoms with van der Waals surface area (Å²) < 4.78 is 14.8. The first kappa shape index (κ1) is 11.2. The van der Waals surface area contributed by atoms with Crippen molar-refractivity contribution in [1.82, 2.24) is 10.1 Å². The number of nitrogens with zero attached hydrogens (tertiary/aromatic N) is 2. The molecule has 17 heavy (non-hydrogen) atoms. The van der Waals surface area contributed by atoms with Crippen LogP contribution >= 0.6 is 0 Å². The minimum Gasteiger partial charge on any atom is -0.461 e. The smallest absolute Gasteiger partial charge is 0.362 e. The van der Waals surface area contributed by atoms with Crippen LogP contribution in [0.1, 0.15) is 23.1 Å². The van der Waals surface area contributed by atoms with Gasteiger partial charge in [-0.05, 0) is 13.8 Å². The third kappa shape index (κ3) is 2.12. The van der Waals surface area contributed by atoms with Crippen molar-refractivity contribution in [2.75, 3.05) is 12.3 Å². The zero-order valence-corrected chi connectivity index (χ0v) is 9.39. The number of aromatic nitrogens is 2. The van der Waals surface area contributed by atoms with Gasteiger partial charge in [-0.15, -0.1) is 0 Å². The largest absolute Gasteiger partial charge is 0.461 e. The third-order valence-corrected chi connectivity index (χ3v) is 1.96. The van der Waals surface area contributed by atoms with E-state index >= 15 is 0 Å². The van der Waals surface area contributed by atoms with E-state index in [2.05, 4.69) is 10.1 Å². The van der Waals surface area contributed by atoms with Crippen molar-refractivity contribution in [3.63, 3.8) is 0 Å². The Labute approximate surface area is 96.5 Å². The molecule has 0 aromatic carbocycles. The van der Waals surface area contributed by atoms with E-state index in [1.807, 2.05) is 0 Å². The lowest BCUT2D eigenvalue weighted by molar-refractivity contribution is 0.0521. The second kappa shape index (κ2) is 4.28. The van der Waals surface area contributed by atoms with Crippen LogP contribution in [0.5, 0.6) is 0 Å². The average molecular weight is 237 g/mol. The van der Waals surface area contributed by atoms with Gasteiger partial charge in [-0.2, -0.15) is 4.98 Å². The molecule has 2 aromatic rings. The number of ether oxygens (including phenoxy) is 1. The van der Waals surface area contributed by atoms with E-state index in [0.29, 0.717) is 11.5 Å². The topological polar surface area (TPSA) is 104 Å². The van der Waals surface area contributed by atoms with Crippen LogP contribution in [0.3, 0.4) is 0 Å². The Hall–Kier alpha value is -2.31. The van der Waals surface area contributed by atoms with Crippen LogP contribution in [0, 0.1) is 6.92 Å². The number of hydrogen-bond donors (Lipinski definition) is 1. The molecule has 0 aliphatic heterocycles. The highest BCUT2D eigenvalue weighted by Crippen LogP contribution is 2.24. The molecule has 2 aromatic heterocycles. The summed E-state index contributed by atoms with van der Waals surface area (Å²) in [6.45, 7) is 3.68. The molecule has 0 saturated carbocycles. The molecule has 90 valence electrons. The second-order valence-corrected chi connectivity index (χ2v) is 3.28. The minimum absolute atomic E-state index is 0.0593. The molecule has 0 bridgehead atoms. The third-order valence-electron chi connectivity index (χ3n) is 1.96. The van der Waals surface area contributed by atoms with Crippen LogP contribution < -0.4 is 5.73 Å². The van der Waals surface area contributed by atoms with Crippen molar-refractivity contribution in [3.8, 4) is 11.7 Å². The maximum absolute atomic E-state index is 11.4. The van der Waals surface area contributed by atoms with E-state index in [0.717, 1.165) is 0 Å². The lowest BCUT2D eigenvalue weighted by Crippen LogP contribution is -2.07. The van der Waals surface area contributed by atoms with Crippen LogP contribution in [0.4, 0.5) is 5.88 Å². The van der Waals surface area contributed by atoms with Gasteiger partial charge in [0.15, 0.2) is 0 Å². The van der Waals surface area contributed by atoms with Crippen molar-refractivity contribution in [2.24, 2.45) is 0 Å². The molecule has 0 spiro atoms. The first-order valence-electron chi connectivity index (χ1n) is 4.99. The maximum atomic E-state index is 11.4. The maximum Gasteiger partial charge on any atom is 0.362 e. The van der Waals surface area contributed by atoms with Gasteiger partial charge in [0, 0.05) is 6.07 Å². The summed E-state index contributed by atoms with van der Waals surface area (Å²) in [6.07, 6.45) is 0. The molecule has 0 fully saturated rings. The van der Waals surface area contributed by atoms with Gasteiger partial charge < -0.3 is 19.4 Å². The number of carbonyl (C=O) groups excluding carboxylic acids is 1. The molecule has 0 radical (unpaired) electrons. The van der Waals surface area contributed by atoms with Crippen molar-refractivity contribution >= 4 is 11.9 Å². The fraction of sp³-hybridized carbons (Fsp3) is 0.300. The Morgan fingerprint density at radius 2 is 2.35 bits per heavy atom. The van der Waals surface area contributed by atoms with Crippen molar-refractivity contribution in [3.05, 3.63) is 17.5 Å². The summed E-state index contributed by atoms with van der Waals surface area (Å²) in [4.78, 5) is 15.4. The molecular formula is C10H11N3O4. The molecule has 7 heteroatoms. The summed E-state index contributed by atoms with van der Waals surface area (Å²) >= 11 is 0. The molecule has 0 atom stereocenters. The standard InChI is InChI=1S/C10H11N3O4/c1-3-15-10(14)7-8(11)16-9(12-7)6-4-5(2)13-17-6/h4H,3,11H2,1-2H3. The van der Waals surface area contributed by atoms with E-state index in [-0.39, 0.29) is 24.1 Å². The van der Waals surface area contributed by atoms with Crippen LogP contribution in [0.25, 0.3) is 11.7 Å². The number of anilines is 1. The number of rotatable bonds is 3. The molecule has 0 aliphatic rings. The van der Waals surface area contributed by atoms with Gasteiger partial charge in [0.05, 0.1) is 12.3 Å². The highest BCUT2D eigenvalue weighted by atomic mass is 16.5. The van der Waals surface area contributed by atoms with E-state index in [4.69, 9.17) is 19.4 Å². The second-order valence-electron chi connectivity index (χ2n) is 3.28. The Kier molecular flexibility index (Phi) is 2.82. The summed E-state index contributed by atoms with van der Waals surface area (Å²) in [7, 11) is 0. The molecule has 7 nitrogen and oxygen atoms in total. The molecule has 0 amide bonds. The summed E-state index contributed by atoms with van der Waals surface area (Å²) in [6, 6.07) is 1.63. The van der Waals surface area contributed by atoms with Gasteiger partial charge in [-0.25, -0.2) is 4.79 Å². The molecule has 0 aliphatic carbocycles. The van der Waals surface area contributed by atoms with Crippen molar-refractivity contribution in [1.29, 1.82) is 0 Å². The van der Waals surface area contributed by atoms with Crippen molar-refractivity contribution in [2.45, 2.75) is 13.8 Å². The lowest BCUT2D eigenvalue weighted by atomic mass is 10.4. The van der Waals surface area contributed by atoms with E-state index < -0.39 is 5.97 Å². The first-order chi connectivity index (χ1) is 8.11. The fourth-order valence-electron chi connectivity index (χ4n) is 1.25. The van der Waals surface area contributed by atoms with Gasteiger partial charge in [-0.1, -0.05) is 5.16 Å². The normalized spacial score (nSPS) is 10.5. The molecule has 2 rings (SSSR count). The van der Waals surface area contributed by atoms with Crippen LogP contribution in [0.2, 0.25) is 0 Å². The monoisotopic (exact) mass is 237 g/mol. The van der Waals surface area contributed by atoms with Gasteiger partial charge in [0.2, 0.25) is 17.3 Å². The number of esters is 1. The van der Waals surface area contributed by atoms with Gasteiger partial charge in [-0.3, -0.25) is 0 Å². The number of nitrogen functional groups attached to an aromatic ring is 1. The Morgan fingerprint density at radius 3 is 2.94 bits per heavy atom. The summed E-state index contributed by atoms with van der Waals surface area (Å²) in [5.74, 6) is -0.320. The number of carbonyl (C=O) groups is 1. The molecule has 2 heterocycles. The number of oxazole rings is 1. The molecular weight excluding hydrogens is 226 g/mol. The average Bonchev–Trinajstić information content (AvgIpc) is 2.85. The van der Waals surface area contributed by atoms with E-state index in [1.165, 1.54) is 0 Å². The molecule has 0 unspecified atom stereocenters. The zero-order valence-electron chi connectivity index (χ0n) is 9.39. The fourth-order valence-corrected chi connectivity index (χ4v) is 1.25.